The number of rotatable bonds is 3. The summed E-state index contributed by atoms with van der Waals surface area (Å²) in [5.74, 6) is 0.737. The fraction of sp³-hybridized carbons (Fsp3) is 0.143. The lowest BCUT2D eigenvalue weighted by atomic mass is 10.1. The number of aryl methyl sites for hydroxylation is 2. The van der Waals surface area contributed by atoms with E-state index in [1.54, 1.807) is 31.2 Å². The van der Waals surface area contributed by atoms with Crippen LogP contribution in [0.1, 0.15) is 17.0 Å². The lowest BCUT2D eigenvalue weighted by Crippen LogP contribution is -2.15. The maximum Gasteiger partial charge on any atom is 0.147 e. The van der Waals surface area contributed by atoms with Gasteiger partial charge >= 0.3 is 0 Å². The quantitative estimate of drug-likeness (QED) is 0.662. The van der Waals surface area contributed by atoms with Gasteiger partial charge < -0.3 is 10.5 Å². The topological polar surface area (TPSA) is 72.0 Å². The summed E-state index contributed by atoms with van der Waals surface area (Å²) in [6.45, 7) is 3.61. The van der Waals surface area contributed by atoms with Gasteiger partial charge in [0.2, 0.25) is 0 Å². The van der Waals surface area contributed by atoms with Crippen LogP contribution >= 0.6 is 23.2 Å². The summed E-state index contributed by atoms with van der Waals surface area (Å²) in [5, 5.41) is 8.59. The van der Waals surface area contributed by atoms with Crippen molar-refractivity contribution in [1.82, 2.24) is 4.98 Å². The lowest BCUT2D eigenvalue weighted by molar-refractivity contribution is 0.480. The molecule has 0 amide bonds. The second-order valence-electron chi connectivity index (χ2n) is 4.31. The highest BCUT2D eigenvalue weighted by Gasteiger charge is 2.15. The highest BCUT2D eigenvalue weighted by atomic mass is 35.5. The molecule has 2 aromatic rings. The monoisotopic (exact) mass is 309 g/mol. The van der Waals surface area contributed by atoms with E-state index in [1.807, 2.05) is 6.92 Å². The van der Waals surface area contributed by atoms with Crippen molar-refractivity contribution < 1.29 is 4.74 Å². The maximum atomic E-state index is 7.65. The van der Waals surface area contributed by atoms with E-state index in [4.69, 9.17) is 39.1 Å². The van der Waals surface area contributed by atoms with Gasteiger partial charge in [0.25, 0.3) is 0 Å². The van der Waals surface area contributed by atoms with Crippen LogP contribution in [-0.4, -0.2) is 10.8 Å². The van der Waals surface area contributed by atoms with Crippen LogP contribution in [0.15, 0.2) is 24.3 Å². The lowest BCUT2D eigenvalue weighted by Gasteiger charge is -2.14. The molecule has 0 saturated carbocycles. The number of benzene rings is 1. The Hall–Kier alpha value is -1.78. The highest BCUT2D eigenvalue weighted by molar-refractivity contribution is 6.34. The van der Waals surface area contributed by atoms with E-state index < -0.39 is 0 Å². The average Bonchev–Trinajstić information content (AvgIpc) is 2.32. The van der Waals surface area contributed by atoms with Gasteiger partial charge in [-0.25, -0.2) is 0 Å². The third kappa shape index (κ3) is 3.03. The molecule has 0 fully saturated rings. The maximum absolute atomic E-state index is 7.65. The Morgan fingerprint density at radius 2 is 1.90 bits per heavy atom. The van der Waals surface area contributed by atoms with E-state index in [0.717, 1.165) is 5.69 Å². The Balaban J connectivity index is 2.53. The van der Waals surface area contributed by atoms with E-state index in [0.29, 0.717) is 32.8 Å². The molecule has 20 heavy (non-hydrogen) atoms. The van der Waals surface area contributed by atoms with Crippen LogP contribution in [0.25, 0.3) is 0 Å². The van der Waals surface area contributed by atoms with E-state index in [-0.39, 0.29) is 5.84 Å². The van der Waals surface area contributed by atoms with Crippen molar-refractivity contribution in [2.24, 2.45) is 5.73 Å². The molecule has 0 unspecified atom stereocenters. The van der Waals surface area contributed by atoms with Gasteiger partial charge in [-0.3, -0.25) is 10.4 Å². The number of nitrogens with zero attached hydrogens (tertiary/aromatic N) is 1. The second-order valence-corrected chi connectivity index (χ2v) is 5.16. The summed E-state index contributed by atoms with van der Waals surface area (Å²) >= 11 is 12.0. The highest BCUT2D eigenvalue weighted by Crippen LogP contribution is 2.34. The molecule has 1 heterocycles. The van der Waals surface area contributed by atoms with Crippen molar-refractivity contribution in [1.29, 1.82) is 5.41 Å². The van der Waals surface area contributed by atoms with Crippen LogP contribution in [0.2, 0.25) is 10.0 Å². The summed E-state index contributed by atoms with van der Waals surface area (Å²) in [6.07, 6.45) is 0. The van der Waals surface area contributed by atoms with Crippen molar-refractivity contribution in [3.8, 4) is 11.5 Å². The van der Waals surface area contributed by atoms with Crippen molar-refractivity contribution in [2.75, 3.05) is 0 Å². The van der Waals surface area contributed by atoms with E-state index in [1.165, 1.54) is 0 Å². The molecule has 0 aliphatic heterocycles. The Morgan fingerprint density at radius 1 is 1.20 bits per heavy atom. The molecule has 0 saturated heterocycles. The van der Waals surface area contributed by atoms with Crippen LogP contribution in [0, 0.1) is 19.3 Å². The van der Waals surface area contributed by atoms with Crippen LogP contribution in [0.3, 0.4) is 0 Å². The zero-order chi connectivity index (χ0) is 14.9. The number of halogens is 2. The molecular weight excluding hydrogens is 297 g/mol. The molecule has 0 bridgehead atoms. The normalized spacial score (nSPS) is 10.4. The first-order valence-corrected chi connectivity index (χ1v) is 6.59. The van der Waals surface area contributed by atoms with Gasteiger partial charge in [-0.05, 0) is 26.0 Å². The zero-order valence-electron chi connectivity index (χ0n) is 11.0. The number of nitrogens with two attached hydrogens (primary N) is 1. The minimum Gasteiger partial charge on any atom is -0.455 e. The van der Waals surface area contributed by atoms with Crippen molar-refractivity contribution in [2.45, 2.75) is 13.8 Å². The first-order chi connectivity index (χ1) is 9.38. The summed E-state index contributed by atoms with van der Waals surface area (Å²) in [5.41, 5.74) is 7.44. The number of aromatic nitrogens is 1. The van der Waals surface area contributed by atoms with Gasteiger partial charge in [-0.1, -0.05) is 23.2 Å². The molecule has 6 heteroatoms. The number of ether oxygens (including phenoxy) is 1. The Labute approximate surface area is 127 Å². The third-order valence-electron chi connectivity index (χ3n) is 2.67. The average molecular weight is 310 g/mol. The first kappa shape index (κ1) is 14.6. The summed E-state index contributed by atoms with van der Waals surface area (Å²) in [6, 6.07) is 6.64. The molecule has 0 aliphatic carbocycles. The predicted octanol–water partition coefficient (Wildman–Crippen LogP) is 4.08. The fourth-order valence-electron chi connectivity index (χ4n) is 1.87. The number of amidine groups is 1. The minimum absolute atomic E-state index is 0.108. The number of pyridine rings is 1. The van der Waals surface area contributed by atoms with Gasteiger partial charge in [-0.15, -0.1) is 0 Å². The van der Waals surface area contributed by atoms with Crippen molar-refractivity contribution >= 4 is 29.0 Å². The molecular formula is C14H13Cl2N3O. The SMILES string of the molecule is Cc1cc(Oc2cc(Cl)ccc2Cl)c(C(=N)N)c(C)n1. The van der Waals surface area contributed by atoms with Crippen LogP contribution < -0.4 is 10.5 Å². The van der Waals surface area contributed by atoms with Gasteiger partial charge in [0.1, 0.15) is 17.3 Å². The smallest absolute Gasteiger partial charge is 0.147 e. The molecule has 1 aromatic carbocycles. The van der Waals surface area contributed by atoms with E-state index >= 15 is 0 Å². The van der Waals surface area contributed by atoms with Crippen LogP contribution in [-0.2, 0) is 0 Å². The molecule has 0 aliphatic rings. The predicted molar refractivity (Wildman–Crippen MR) is 81.3 cm³/mol. The van der Waals surface area contributed by atoms with Crippen LogP contribution in [0.5, 0.6) is 11.5 Å². The summed E-state index contributed by atoms with van der Waals surface area (Å²) in [7, 11) is 0. The van der Waals surface area contributed by atoms with Gasteiger partial charge in [0.15, 0.2) is 0 Å². The molecule has 4 nitrogen and oxygen atoms in total. The van der Waals surface area contributed by atoms with E-state index in [9.17, 15) is 0 Å². The fourth-order valence-corrected chi connectivity index (χ4v) is 2.19. The molecule has 1 aromatic heterocycles. The number of nitrogens with one attached hydrogen (secondary N) is 1. The standard InChI is InChI=1S/C14H13Cl2N3O/c1-7-5-12(13(14(17)18)8(2)19-7)20-11-6-9(15)3-4-10(11)16/h3-6H,1-2H3,(H3,17,18). The Morgan fingerprint density at radius 3 is 2.55 bits per heavy atom. The molecule has 3 N–H and O–H groups in total. The molecule has 0 atom stereocenters. The largest absolute Gasteiger partial charge is 0.455 e. The minimum atomic E-state index is -0.108. The molecule has 104 valence electrons. The van der Waals surface area contributed by atoms with Gasteiger partial charge in [0.05, 0.1) is 16.3 Å². The zero-order valence-corrected chi connectivity index (χ0v) is 12.5. The van der Waals surface area contributed by atoms with Crippen LogP contribution in [0.4, 0.5) is 0 Å². The number of hydrogen-bond donors (Lipinski definition) is 2. The Kier molecular flexibility index (Phi) is 4.16. The summed E-state index contributed by atoms with van der Waals surface area (Å²) < 4.78 is 5.77. The molecule has 0 radical (unpaired) electrons. The van der Waals surface area contributed by atoms with Crippen molar-refractivity contribution in [3.63, 3.8) is 0 Å². The van der Waals surface area contributed by atoms with Crippen molar-refractivity contribution in [3.05, 3.63) is 51.3 Å². The number of nitrogen functional groups attached to an aromatic ring is 1. The van der Waals surface area contributed by atoms with Gasteiger partial charge in [-0.2, -0.15) is 0 Å². The second kappa shape index (κ2) is 5.69. The number of hydrogen-bond acceptors (Lipinski definition) is 3. The van der Waals surface area contributed by atoms with Gasteiger partial charge in [0, 0.05) is 22.8 Å². The van der Waals surface area contributed by atoms with E-state index in [2.05, 4.69) is 4.98 Å². The summed E-state index contributed by atoms with van der Waals surface area (Å²) in [4.78, 5) is 4.28. The third-order valence-corrected chi connectivity index (χ3v) is 3.22. The first-order valence-electron chi connectivity index (χ1n) is 5.84. The Bertz CT molecular complexity index is 686. The molecule has 2 rings (SSSR count). The molecule has 0 spiro atoms.